The first kappa shape index (κ1) is 24.1. The highest BCUT2D eigenvalue weighted by Gasteiger charge is 2.29. The van der Waals surface area contributed by atoms with E-state index in [1.165, 1.54) is 5.56 Å². The monoisotopic (exact) mass is 491 g/mol. The lowest BCUT2D eigenvalue weighted by molar-refractivity contribution is 0.337. The van der Waals surface area contributed by atoms with Crippen LogP contribution < -0.4 is 14.5 Å². The van der Waals surface area contributed by atoms with E-state index < -0.39 is 0 Å². The van der Waals surface area contributed by atoms with Gasteiger partial charge in [-0.05, 0) is 66.6 Å². The summed E-state index contributed by atoms with van der Waals surface area (Å²) in [5.41, 5.74) is 5.74. The first-order chi connectivity index (χ1) is 18.1. The van der Waals surface area contributed by atoms with Crippen molar-refractivity contribution in [2.24, 2.45) is 10.1 Å². The van der Waals surface area contributed by atoms with Gasteiger partial charge in [-0.1, -0.05) is 42.5 Å². The molecule has 1 unspecified atom stereocenters. The molecule has 0 fully saturated rings. The molecule has 1 aliphatic heterocycles. The molecule has 6 nitrogen and oxygen atoms in total. The third-order valence-corrected chi connectivity index (χ3v) is 6.30. The molecule has 5 rings (SSSR count). The Labute approximate surface area is 217 Å². The molecule has 1 aliphatic rings. The summed E-state index contributed by atoms with van der Waals surface area (Å²) in [5.74, 6) is 1.60. The molecule has 1 atom stereocenters. The van der Waals surface area contributed by atoms with Gasteiger partial charge in [0.25, 0.3) is 0 Å². The SMILES string of the molecule is CCOc1ccc(C=Nc2ccc(N3N=C(c4ccccc4)CC3c3ccc(OC)cc3)cc2)c(O)c1. The van der Waals surface area contributed by atoms with E-state index in [4.69, 9.17) is 14.6 Å². The highest BCUT2D eigenvalue weighted by molar-refractivity contribution is 6.03. The fourth-order valence-corrected chi connectivity index (χ4v) is 4.36. The molecule has 37 heavy (non-hydrogen) atoms. The van der Waals surface area contributed by atoms with Crippen LogP contribution in [0.15, 0.2) is 107 Å². The minimum absolute atomic E-state index is 0.0660. The Bertz CT molecular complexity index is 1400. The lowest BCUT2D eigenvalue weighted by atomic mass is 9.98. The van der Waals surface area contributed by atoms with E-state index >= 15 is 0 Å². The van der Waals surface area contributed by atoms with E-state index in [-0.39, 0.29) is 11.8 Å². The van der Waals surface area contributed by atoms with E-state index in [1.807, 2.05) is 67.6 Å². The molecular weight excluding hydrogens is 462 g/mol. The molecule has 1 heterocycles. The molecule has 0 radical (unpaired) electrons. The molecule has 0 amide bonds. The summed E-state index contributed by atoms with van der Waals surface area (Å²) in [6.45, 7) is 2.46. The maximum atomic E-state index is 10.3. The normalized spacial score (nSPS) is 15.1. The number of benzene rings is 4. The number of hydrogen-bond acceptors (Lipinski definition) is 6. The number of ether oxygens (including phenoxy) is 2. The number of hydrogen-bond donors (Lipinski definition) is 1. The summed E-state index contributed by atoms with van der Waals surface area (Å²) in [6.07, 6.45) is 2.45. The van der Waals surface area contributed by atoms with Gasteiger partial charge in [0.15, 0.2) is 0 Å². The standard InChI is InChI=1S/C31H29N3O3/c1-3-37-28-18-11-24(31(35)19-28)21-32-25-12-14-26(15-13-25)34-30(23-9-16-27(36-2)17-10-23)20-29(33-34)22-7-5-4-6-8-22/h4-19,21,30,35H,3,20H2,1-2H3. The van der Waals surface area contributed by atoms with Crippen LogP contribution in [0.1, 0.15) is 36.1 Å². The average molecular weight is 492 g/mol. The molecule has 6 heteroatoms. The van der Waals surface area contributed by atoms with Crippen LogP contribution in [0.25, 0.3) is 0 Å². The zero-order valence-electron chi connectivity index (χ0n) is 20.9. The van der Waals surface area contributed by atoms with E-state index in [0.717, 1.165) is 34.8 Å². The number of aromatic hydroxyl groups is 1. The summed E-state index contributed by atoms with van der Waals surface area (Å²) in [5, 5.41) is 17.4. The maximum Gasteiger partial charge on any atom is 0.128 e. The molecule has 0 saturated heterocycles. The number of hydrazone groups is 1. The molecule has 1 N–H and O–H groups in total. The molecule has 0 saturated carbocycles. The quantitative estimate of drug-likeness (QED) is 0.272. The predicted octanol–water partition coefficient (Wildman–Crippen LogP) is 6.91. The summed E-state index contributed by atoms with van der Waals surface area (Å²) in [4.78, 5) is 4.55. The van der Waals surface area contributed by atoms with Crippen LogP contribution in [0.3, 0.4) is 0 Å². The van der Waals surface area contributed by atoms with Gasteiger partial charge in [-0.3, -0.25) is 10.0 Å². The highest BCUT2D eigenvalue weighted by Crippen LogP contribution is 2.37. The largest absolute Gasteiger partial charge is 0.507 e. The Kier molecular flexibility index (Phi) is 7.17. The molecule has 0 spiro atoms. The molecule has 186 valence electrons. The number of methoxy groups -OCH3 is 1. The van der Waals surface area contributed by atoms with Gasteiger partial charge in [-0.15, -0.1) is 0 Å². The van der Waals surface area contributed by atoms with Crippen molar-refractivity contribution < 1.29 is 14.6 Å². The van der Waals surface area contributed by atoms with Crippen molar-refractivity contribution in [1.82, 2.24) is 0 Å². The topological polar surface area (TPSA) is 66.7 Å². The van der Waals surface area contributed by atoms with Gasteiger partial charge in [0.2, 0.25) is 0 Å². The van der Waals surface area contributed by atoms with Gasteiger partial charge >= 0.3 is 0 Å². The van der Waals surface area contributed by atoms with Crippen molar-refractivity contribution >= 4 is 23.3 Å². The Morgan fingerprint density at radius 3 is 2.35 bits per heavy atom. The minimum Gasteiger partial charge on any atom is -0.507 e. The lowest BCUT2D eigenvalue weighted by Gasteiger charge is -2.24. The Morgan fingerprint density at radius 1 is 0.946 bits per heavy atom. The molecule has 0 aromatic heterocycles. The van der Waals surface area contributed by atoms with Gasteiger partial charge in [-0.25, -0.2) is 0 Å². The molecule has 0 aliphatic carbocycles. The number of aliphatic imine (C=N–C) groups is 1. The van der Waals surface area contributed by atoms with E-state index in [9.17, 15) is 5.11 Å². The van der Waals surface area contributed by atoms with Gasteiger partial charge in [0.05, 0.1) is 36.8 Å². The van der Waals surface area contributed by atoms with Crippen LogP contribution in [0, 0.1) is 0 Å². The molecule has 4 aromatic carbocycles. The van der Waals surface area contributed by atoms with E-state index in [2.05, 4.69) is 34.3 Å². The lowest BCUT2D eigenvalue weighted by Crippen LogP contribution is -2.18. The second-order valence-electron chi connectivity index (χ2n) is 8.68. The third-order valence-electron chi connectivity index (χ3n) is 6.30. The predicted molar refractivity (Wildman–Crippen MR) is 149 cm³/mol. The average Bonchev–Trinajstić information content (AvgIpc) is 3.39. The summed E-state index contributed by atoms with van der Waals surface area (Å²) in [6, 6.07) is 31.7. The highest BCUT2D eigenvalue weighted by atomic mass is 16.5. The number of phenols is 1. The van der Waals surface area contributed by atoms with Crippen molar-refractivity contribution in [3.8, 4) is 17.2 Å². The fraction of sp³-hybridized carbons (Fsp3) is 0.161. The second kappa shape index (κ2) is 11.0. The third kappa shape index (κ3) is 5.48. The summed E-state index contributed by atoms with van der Waals surface area (Å²) >= 11 is 0. The molecule has 0 bridgehead atoms. The number of rotatable bonds is 8. The van der Waals surface area contributed by atoms with E-state index in [0.29, 0.717) is 17.9 Å². The van der Waals surface area contributed by atoms with Crippen LogP contribution >= 0.6 is 0 Å². The summed E-state index contributed by atoms with van der Waals surface area (Å²) < 4.78 is 10.8. The van der Waals surface area contributed by atoms with Crippen LogP contribution in [-0.4, -0.2) is 30.7 Å². The first-order valence-electron chi connectivity index (χ1n) is 12.3. The van der Waals surface area contributed by atoms with Gasteiger partial charge < -0.3 is 14.6 Å². The van der Waals surface area contributed by atoms with E-state index in [1.54, 1.807) is 25.5 Å². The minimum atomic E-state index is 0.0660. The van der Waals surface area contributed by atoms with Crippen LogP contribution in [0.5, 0.6) is 17.2 Å². The van der Waals surface area contributed by atoms with Crippen LogP contribution in [-0.2, 0) is 0 Å². The van der Waals surface area contributed by atoms with Crippen molar-refractivity contribution in [3.63, 3.8) is 0 Å². The Balaban J connectivity index is 1.40. The van der Waals surface area contributed by atoms with Gasteiger partial charge in [-0.2, -0.15) is 5.10 Å². The fourth-order valence-electron chi connectivity index (χ4n) is 4.36. The number of anilines is 1. The second-order valence-corrected chi connectivity index (χ2v) is 8.68. The van der Waals surface area contributed by atoms with Crippen molar-refractivity contribution in [2.75, 3.05) is 18.7 Å². The van der Waals surface area contributed by atoms with Crippen molar-refractivity contribution in [1.29, 1.82) is 0 Å². The Morgan fingerprint density at radius 2 is 1.68 bits per heavy atom. The zero-order chi connectivity index (χ0) is 25.6. The first-order valence-corrected chi connectivity index (χ1v) is 12.3. The van der Waals surface area contributed by atoms with Crippen molar-refractivity contribution in [2.45, 2.75) is 19.4 Å². The van der Waals surface area contributed by atoms with Gasteiger partial charge in [0, 0.05) is 24.3 Å². The van der Waals surface area contributed by atoms with Crippen molar-refractivity contribution in [3.05, 3.63) is 114 Å². The number of phenolic OH excluding ortho intramolecular Hbond substituents is 1. The summed E-state index contributed by atoms with van der Waals surface area (Å²) in [7, 11) is 1.68. The molecular formula is C31H29N3O3. The van der Waals surface area contributed by atoms with Gasteiger partial charge in [0.1, 0.15) is 17.2 Å². The number of nitrogens with zero attached hydrogens (tertiary/aromatic N) is 3. The van der Waals surface area contributed by atoms with Crippen LogP contribution in [0.4, 0.5) is 11.4 Å². The molecule has 4 aromatic rings. The maximum absolute atomic E-state index is 10.3. The smallest absolute Gasteiger partial charge is 0.128 e. The zero-order valence-corrected chi connectivity index (χ0v) is 20.9. The Hall–Kier alpha value is -4.58. The van der Waals surface area contributed by atoms with Crippen LogP contribution in [0.2, 0.25) is 0 Å².